The van der Waals surface area contributed by atoms with Crippen molar-refractivity contribution in [1.82, 2.24) is 15.1 Å². The number of carbonyl (C=O) groups is 2. The predicted molar refractivity (Wildman–Crippen MR) is 146 cm³/mol. The number of aliphatic hydroxyl groups is 1. The molecule has 0 spiro atoms. The van der Waals surface area contributed by atoms with Gasteiger partial charge < -0.3 is 20.2 Å². The van der Waals surface area contributed by atoms with E-state index in [1.165, 1.54) is 4.90 Å². The van der Waals surface area contributed by atoms with Gasteiger partial charge in [0.05, 0.1) is 23.6 Å². The van der Waals surface area contributed by atoms with Crippen LogP contribution in [0.3, 0.4) is 0 Å². The van der Waals surface area contributed by atoms with E-state index in [-0.39, 0.29) is 30.2 Å². The number of hydrogen-bond donors (Lipinski definition) is 2. The van der Waals surface area contributed by atoms with E-state index in [1.54, 1.807) is 55.5 Å². The molecule has 0 bridgehead atoms. The van der Waals surface area contributed by atoms with Crippen LogP contribution in [-0.2, 0) is 29.5 Å². The number of carbonyl (C=O) groups excluding carboxylic acids is 2. The molecule has 2 atom stereocenters. The minimum atomic E-state index is -4.78. The SMILES string of the molecule is CN(C)CCCNC(=O)[C@@]1(C)c2ccccc2C(=O)N(Cc2cc(F)cc(C(F)(F)F)c2)[C@H]1c1ccc(CO)cc1. The van der Waals surface area contributed by atoms with Gasteiger partial charge in [-0.2, -0.15) is 13.2 Å². The molecule has 4 rings (SSSR count). The maximum atomic E-state index is 14.4. The Labute approximate surface area is 236 Å². The summed E-state index contributed by atoms with van der Waals surface area (Å²) in [5.41, 5.74) is -0.699. The molecule has 0 saturated carbocycles. The molecule has 0 radical (unpaired) electrons. The van der Waals surface area contributed by atoms with Crippen LogP contribution in [0.25, 0.3) is 0 Å². The zero-order valence-corrected chi connectivity index (χ0v) is 23.1. The Morgan fingerprint density at radius 2 is 1.73 bits per heavy atom. The van der Waals surface area contributed by atoms with E-state index in [4.69, 9.17) is 0 Å². The molecule has 3 aromatic rings. The summed E-state index contributed by atoms with van der Waals surface area (Å²) in [5, 5.41) is 12.6. The number of amides is 2. The van der Waals surface area contributed by atoms with Gasteiger partial charge in [0.15, 0.2) is 0 Å². The van der Waals surface area contributed by atoms with Gasteiger partial charge in [0.1, 0.15) is 5.82 Å². The Hall–Kier alpha value is -3.76. The van der Waals surface area contributed by atoms with Crippen LogP contribution in [0, 0.1) is 5.82 Å². The summed E-state index contributed by atoms with van der Waals surface area (Å²) in [6, 6.07) is 14.6. The monoisotopic (exact) mass is 571 g/mol. The van der Waals surface area contributed by atoms with Crippen LogP contribution in [-0.4, -0.2) is 53.9 Å². The number of fused-ring (bicyclic) bond motifs is 1. The van der Waals surface area contributed by atoms with Gasteiger partial charge in [0.2, 0.25) is 5.91 Å². The van der Waals surface area contributed by atoms with E-state index in [0.717, 1.165) is 18.7 Å². The van der Waals surface area contributed by atoms with Gasteiger partial charge in [-0.05, 0) is 80.5 Å². The lowest BCUT2D eigenvalue weighted by Crippen LogP contribution is -2.57. The minimum Gasteiger partial charge on any atom is -0.392 e. The Kier molecular flexibility index (Phi) is 8.84. The summed E-state index contributed by atoms with van der Waals surface area (Å²) in [5.74, 6) is -1.93. The number of nitrogens with one attached hydrogen (secondary N) is 1. The molecule has 10 heteroatoms. The number of hydrogen-bond acceptors (Lipinski definition) is 4. The van der Waals surface area contributed by atoms with Crippen molar-refractivity contribution in [3.05, 3.63) is 106 Å². The van der Waals surface area contributed by atoms with E-state index in [0.29, 0.717) is 35.7 Å². The lowest BCUT2D eigenvalue weighted by Gasteiger charge is -2.48. The third-order valence-corrected chi connectivity index (χ3v) is 7.49. The summed E-state index contributed by atoms with van der Waals surface area (Å²) >= 11 is 0. The smallest absolute Gasteiger partial charge is 0.392 e. The molecule has 2 amide bonds. The highest BCUT2D eigenvalue weighted by Gasteiger charge is 2.53. The molecule has 1 aliphatic heterocycles. The lowest BCUT2D eigenvalue weighted by molar-refractivity contribution is -0.137. The first kappa shape index (κ1) is 30.2. The fourth-order valence-electron chi connectivity index (χ4n) is 5.46. The standard InChI is InChI=1S/C31H33F4N3O3/c1-30(29(41)36-13-6-14-37(2)3)26-8-5-4-7-25(26)28(40)38(27(30)22-11-9-20(19-39)10-12-22)18-21-15-23(31(33,34)35)17-24(32)16-21/h4-5,7-12,15-17,27,39H,6,13-14,18-19H2,1-3H3,(H,36,41)/t27-,30-/m0/s1. The van der Waals surface area contributed by atoms with Crippen LogP contribution >= 0.6 is 0 Å². The highest BCUT2D eigenvalue weighted by atomic mass is 19.4. The van der Waals surface area contributed by atoms with Crippen LogP contribution in [0.15, 0.2) is 66.7 Å². The van der Waals surface area contributed by atoms with Crippen molar-refractivity contribution in [2.24, 2.45) is 0 Å². The molecule has 0 aliphatic carbocycles. The topological polar surface area (TPSA) is 72.9 Å². The molecule has 2 N–H and O–H groups in total. The molecule has 0 unspecified atom stereocenters. The molecule has 0 saturated heterocycles. The summed E-state index contributed by atoms with van der Waals surface area (Å²) in [6.07, 6.45) is -4.10. The minimum absolute atomic E-state index is 0.0595. The first-order chi connectivity index (χ1) is 19.4. The van der Waals surface area contributed by atoms with Crippen molar-refractivity contribution in [3.63, 3.8) is 0 Å². The maximum absolute atomic E-state index is 14.4. The summed E-state index contributed by atoms with van der Waals surface area (Å²) < 4.78 is 54.9. The fourth-order valence-corrected chi connectivity index (χ4v) is 5.46. The van der Waals surface area contributed by atoms with Gasteiger partial charge in [-0.15, -0.1) is 0 Å². The van der Waals surface area contributed by atoms with Gasteiger partial charge in [0, 0.05) is 18.7 Å². The Morgan fingerprint density at radius 1 is 1.05 bits per heavy atom. The zero-order valence-electron chi connectivity index (χ0n) is 23.1. The predicted octanol–water partition coefficient (Wildman–Crippen LogP) is 5.06. The van der Waals surface area contributed by atoms with Gasteiger partial charge in [-0.3, -0.25) is 9.59 Å². The number of rotatable bonds is 9. The molecule has 3 aromatic carbocycles. The molecule has 0 aromatic heterocycles. The van der Waals surface area contributed by atoms with Gasteiger partial charge >= 0.3 is 6.18 Å². The number of benzene rings is 3. The quantitative estimate of drug-likeness (QED) is 0.278. The lowest BCUT2D eigenvalue weighted by atomic mass is 9.67. The fraction of sp³-hybridized carbons (Fsp3) is 0.355. The van der Waals surface area contributed by atoms with Crippen LogP contribution in [0.2, 0.25) is 0 Å². The molecule has 6 nitrogen and oxygen atoms in total. The third kappa shape index (κ3) is 6.28. The molecule has 1 aliphatic rings. The van der Waals surface area contributed by atoms with E-state index >= 15 is 0 Å². The average Bonchev–Trinajstić information content (AvgIpc) is 2.93. The van der Waals surface area contributed by atoms with Crippen LogP contribution in [0.5, 0.6) is 0 Å². The second kappa shape index (κ2) is 12.0. The molecular weight excluding hydrogens is 538 g/mol. The highest BCUT2D eigenvalue weighted by molar-refractivity contribution is 6.03. The van der Waals surface area contributed by atoms with Crippen molar-refractivity contribution in [3.8, 4) is 0 Å². The van der Waals surface area contributed by atoms with Gasteiger partial charge in [0.25, 0.3) is 5.91 Å². The largest absolute Gasteiger partial charge is 0.416 e. The summed E-state index contributed by atoms with van der Waals surface area (Å²) in [4.78, 5) is 31.4. The summed E-state index contributed by atoms with van der Waals surface area (Å²) in [6.45, 7) is 2.24. The van der Waals surface area contributed by atoms with E-state index in [9.17, 15) is 32.3 Å². The van der Waals surface area contributed by atoms with Crippen LogP contribution < -0.4 is 5.32 Å². The van der Waals surface area contributed by atoms with E-state index < -0.39 is 34.9 Å². The van der Waals surface area contributed by atoms with Crippen molar-refractivity contribution in [1.29, 1.82) is 0 Å². The number of aliphatic hydroxyl groups excluding tert-OH is 1. The van der Waals surface area contributed by atoms with Gasteiger partial charge in [-0.25, -0.2) is 4.39 Å². The van der Waals surface area contributed by atoms with Crippen molar-refractivity contribution in [2.75, 3.05) is 27.2 Å². The number of nitrogens with zero attached hydrogens (tertiary/aromatic N) is 2. The highest BCUT2D eigenvalue weighted by Crippen LogP contribution is 2.48. The second-order valence-corrected chi connectivity index (χ2v) is 10.7. The van der Waals surface area contributed by atoms with Crippen molar-refractivity contribution >= 4 is 11.8 Å². The Bertz CT molecular complexity index is 1410. The van der Waals surface area contributed by atoms with E-state index in [1.807, 2.05) is 19.0 Å². The van der Waals surface area contributed by atoms with Crippen molar-refractivity contribution < 1.29 is 32.3 Å². The first-order valence-corrected chi connectivity index (χ1v) is 13.3. The molecule has 1 heterocycles. The van der Waals surface area contributed by atoms with Crippen molar-refractivity contribution in [2.45, 2.75) is 44.1 Å². The molecule has 0 fully saturated rings. The maximum Gasteiger partial charge on any atom is 0.416 e. The second-order valence-electron chi connectivity index (χ2n) is 10.7. The molecule has 218 valence electrons. The zero-order chi connectivity index (χ0) is 29.9. The molecule has 41 heavy (non-hydrogen) atoms. The van der Waals surface area contributed by atoms with Crippen LogP contribution in [0.4, 0.5) is 17.6 Å². The Morgan fingerprint density at radius 3 is 2.37 bits per heavy atom. The Balaban J connectivity index is 1.86. The number of halogens is 4. The first-order valence-electron chi connectivity index (χ1n) is 13.3. The van der Waals surface area contributed by atoms with Crippen LogP contribution in [0.1, 0.15) is 57.6 Å². The average molecular weight is 572 g/mol. The normalized spacial score (nSPS) is 18.9. The van der Waals surface area contributed by atoms with Gasteiger partial charge in [-0.1, -0.05) is 42.5 Å². The third-order valence-electron chi connectivity index (χ3n) is 7.49. The summed E-state index contributed by atoms with van der Waals surface area (Å²) in [7, 11) is 3.85. The number of alkyl halides is 3. The van der Waals surface area contributed by atoms with E-state index in [2.05, 4.69) is 5.32 Å². The molecular formula is C31H33F4N3O3.